The van der Waals surface area contributed by atoms with E-state index in [0.717, 1.165) is 0 Å². The minimum atomic E-state index is -0.855. The molecule has 0 saturated carbocycles. The fraction of sp³-hybridized carbons (Fsp3) is 0. The lowest BCUT2D eigenvalue weighted by Gasteiger charge is -2.00. The van der Waals surface area contributed by atoms with Crippen molar-refractivity contribution in [3.05, 3.63) is 38.9 Å². The number of nitrogens with zero attached hydrogens (tertiary/aromatic N) is 2. The number of nitro groups is 1. The van der Waals surface area contributed by atoms with E-state index in [-0.39, 0.29) is 10.6 Å². The van der Waals surface area contributed by atoms with Gasteiger partial charge in [-0.3, -0.25) is 20.2 Å². The Bertz CT molecular complexity index is 467. The summed E-state index contributed by atoms with van der Waals surface area (Å²) in [5, 5.41) is 20.5. The van der Waals surface area contributed by atoms with Crippen molar-refractivity contribution >= 4 is 23.2 Å². The second kappa shape index (κ2) is 4.39. The van der Waals surface area contributed by atoms with Gasteiger partial charge in [-0.1, -0.05) is 17.7 Å². The average molecular weight is 226 g/mol. The molecule has 0 aliphatic heterocycles. The topological polar surface area (TPSA) is 96.0 Å². The Balaban J connectivity index is 3.30. The molecule has 0 fully saturated rings. The van der Waals surface area contributed by atoms with Gasteiger partial charge in [-0.15, -0.1) is 0 Å². The molecular weight excluding hydrogens is 222 g/mol. The highest BCUT2D eigenvalue weighted by Gasteiger charge is 2.23. The summed E-state index contributed by atoms with van der Waals surface area (Å²) >= 11 is 5.56. The molecule has 0 bridgehead atoms. The third kappa shape index (κ3) is 2.21. The van der Waals surface area contributed by atoms with Crippen molar-refractivity contribution in [2.75, 3.05) is 0 Å². The first-order valence-electron chi connectivity index (χ1n) is 3.70. The van der Waals surface area contributed by atoms with Crippen LogP contribution in [0.1, 0.15) is 10.4 Å². The Hall–Kier alpha value is -2.13. The van der Waals surface area contributed by atoms with E-state index in [1.54, 1.807) is 5.32 Å². The molecule has 1 rings (SSSR count). The number of para-hydroxylation sites is 1. The number of nitro benzene ring substituents is 1. The first kappa shape index (κ1) is 10.9. The van der Waals surface area contributed by atoms with Crippen molar-refractivity contribution in [2.45, 2.75) is 0 Å². The van der Waals surface area contributed by atoms with Gasteiger partial charge in [-0.2, -0.15) is 5.26 Å². The lowest BCUT2D eigenvalue weighted by atomic mass is 10.1. The van der Waals surface area contributed by atoms with E-state index in [4.69, 9.17) is 16.9 Å². The maximum absolute atomic E-state index is 11.2. The molecule has 0 radical (unpaired) electrons. The summed E-state index contributed by atoms with van der Waals surface area (Å²) in [4.78, 5) is 21.1. The molecule has 0 heterocycles. The number of hydrogen-bond acceptors (Lipinski definition) is 4. The Morgan fingerprint density at radius 2 is 2.27 bits per heavy atom. The monoisotopic (exact) mass is 225 g/mol. The number of rotatable bonds is 2. The second-order valence-electron chi connectivity index (χ2n) is 2.46. The zero-order valence-corrected chi connectivity index (χ0v) is 7.99. The zero-order chi connectivity index (χ0) is 11.4. The fourth-order valence-electron chi connectivity index (χ4n) is 1.00. The first-order valence-corrected chi connectivity index (χ1v) is 4.08. The van der Waals surface area contributed by atoms with Crippen molar-refractivity contribution in [1.82, 2.24) is 5.32 Å². The van der Waals surface area contributed by atoms with Crippen molar-refractivity contribution in [3.8, 4) is 6.19 Å². The van der Waals surface area contributed by atoms with E-state index in [0.29, 0.717) is 0 Å². The van der Waals surface area contributed by atoms with Crippen LogP contribution < -0.4 is 5.32 Å². The van der Waals surface area contributed by atoms with Gasteiger partial charge in [0.05, 0.1) is 4.92 Å². The van der Waals surface area contributed by atoms with Crippen molar-refractivity contribution in [2.24, 2.45) is 0 Å². The van der Waals surface area contributed by atoms with Gasteiger partial charge in [0, 0.05) is 0 Å². The van der Waals surface area contributed by atoms with Crippen LogP contribution in [0.4, 0.5) is 5.69 Å². The fourth-order valence-corrected chi connectivity index (χ4v) is 1.25. The van der Waals surface area contributed by atoms with Gasteiger partial charge in [0.15, 0.2) is 6.19 Å². The van der Waals surface area contributed by atoms with Crippen LogP contribution in [0.2, 0.25) is 5.02 Å². The molecule has 1 aromatic carbocycles. The van der Waals surface area contributed by atoms with Crippen LogP contribution in [-0.2, 0) is 0 Å². The van der Waals surface area contributed by atoms with Crippen molar-refractivity contribution in [3.63, 3.8) is 0 Å². The molecule has 76 valence electrons. The lowest BCUT2D eigenvalue weighted by Crippen LogP contribution is -2.18. The van der Waals surface area contributed by atoms with Crippen LogP contribution in [0, 0.1) is 21.6 Å². The Labute approximate surface area is 89.2 Å². The maximum Gasteiger partial charge on any atom is 0.300 e. The van der Waals surface area contributed by atoms with E-state index in [1.165, 1.54) is 24.4 Å². The molecule has 0 atom stereocenters. The SMILES string of the molecule is N#CNC(=O)c1cccc(Cl)c1[N+](=O)[O-]. The second-order valence-corrected chi connectivity index (χ2v) is 2.87. The molecule has 0 aromatic heterocycles. The third-order valence-electron chi connectivity index (χ3n) is 1.58. The largest absolute Gasteiger partial charge is 0.300 e. The number of hydrogen-bond donors (Lipinski definition) is 1. The molecule has 6 nitrogen and oxygen atoms in total. The Morgan fingerprint density at radius 3 is 2.80 bits per heavy atom. The minimum absolute atomic E-state index is 0.148. The van der Waals surface area contributed by atoms with Crippen molar-refractivity contribution in [1.29, 1.82) is 5.26 Å². The van der Waals surface area contributed by atoms with Gasteiger partial charge in [0.25, 0.3) is 5.91 Å². The smallest absolute Gasteiger partial charge is 0.268 e. The van der Waals surface area contributed by atoms with E-state index in [9.17, 15) is 14.9 Å². The predicted molar refractivity (Wildman–Crippen MR) is 51.2 cm³/mol. The summed E-state index contributed by atoms with van der Waals surface area (Å²) in [6.45, 7) is 0. The summed E-state index contributed by atoms with van der Waals surface area (Å²) in [7, 11) is 0. The predicted octanol–water partition coefficient (Wildman–Crippen LogP) is 1.46. The number of carbonyl (C=O) groups is 1. The summed E-state index contributed by atoms with van der Waals surface area (Å²) in [5.74, 6) is -0.855. The molecular formula is C8H4ClN3O3. The molecule has 1 N–H and O–H groups in total. The van der Waals surface area contributed by atoms with Crippen LogP contribution in [-0.4, -0.2) is 10.8 Å². The quantitative estimate of drug-likeness (QED) is 0.357. The molecule has 1 amide bonds. The van der Waals surface area contributed by atoms with Crippen LogP contribution in [0.15, 0.2) is 18.2 Å². The zero-order valence-electron chi connectivity index (χ0n) is 7.23. The molecule has 0 spiro atoms. The van der Waals surface area contributed by atoms with Gasteiger partial charge in [-0.25, -0.2) is 0 Å². The lowest BCUT2D eigenvalue weighted by molar-refractivity contribution is -0.385. The standard InChI is InChI=1S/C8H4ClN3O3/c9-6-3-1-2-5(7(6)12(14)15)8(13)11-4-10/h1-3H,(H,11,13). The number of benzene rings is 1. The number of carbonyl (C=O) groups excluding carboxylic acids is 1. The van der Waals surface area contributed by atoms with E-state index in [1.807, 2.05) is 0 Å². The van der Waals surface area contributed by atoms with Gasteiger partial charge >= 0.3 is 5.69 Å². The Kier molecular flexibility index (Phi) is 3.21. The summed E-state index contributed by atoms with van der Waals surface area (Å²) < 4.78 is 0. The molecule has 0 aliphatic carbocycles. The van der Waals surface area contributed by atoms with Crippen LogP contribution >= 0.6 is 11.6 Å². The van der Waals surface area contributed by atoms with Crippen LogP contribution in [0.3, 0.4) is 0 Å². The molecule has 0 unspecified atom stereocenters. The highest BCUT2D eigenvalue weighted by Crippen LogP contribution is 2.27. The highest BCUT2D eigenvalue weighted by molar-refractivity contribution is 6.33. The molecule has 0 aliphatic rings. The van der Waals surface area contributed by atoms with E-state index in [2.05, 4.69) is 0 Å². The molecule has 0 saturated heterocycles. The third-order valence-corrected chi connectivity index (χ3v) is 1.89. The molecule has 15 heavy (non-hydrogen) atoms. The van der Waals surface area contributed by atoms with Crippen LogP contribution in [0.25, 0.3) is 0 Å². The highest BCUT2D eigenvalue weighted by atomic mass is 35.5. The van der Waals surface area contributed by atoms with Gasteiger partial charge in [0.2, 0.25) is 0 Å². The van der Waals surface area contributed by atoms with Gasteiger partial charge in [0.1, 0.15) is 10.6 Å². The minimum Gasteiger partial charge on any atom is -0.268 e. The number of amides is 1. The molecule has 7 heteroatoms. The van der Waals surface area contributed by atoms with E-state index < -0.39 is 16.5 Å². The van der Waals surface area contributed by atoms with Crippen LogP contribution in [0.5, 0.6) is 0 Å². The maximum atomic E-state index is 11.2. The van der Waals surface area contributed by atoms with Gasteiger partial charge < -0.3 is 0 Å². The average Bonchev–Trinajstić information content (AvgIpc) is 2.17. The Morgan fingerprint density at radius 1 is 1.60 bits per heavy atom. The first-order chi connectivity index (χ1) is 7.07. The van der Waals surface area contributed by atoms with E-state index >= 15 is 0 Å². The van der Waals surface area contributed by atoms with Crippen molar-refractivity contribution < 1.29 is 9.72 Å². The van der Waals surface area contributed by atoms with Gasteiger partial charge in [-0.05, 0) is 12.1 Å². The number of halogens is 1. The summed E-state index contributed by atoms with van der Waals surface area (Å²) in [6.07, 6.45) is 1.39. The number of nitriles is 1. The number of nitrogens with one attached hydrogen (secondary N) is 1. The molecule has 1 aromatic rings. The normalized spacial score (nSPS) is 9.07. The summed E-state index contributed by atoms with van der Waals surface area (Å²) in [6, 6.07) is 3.90. The summed E-state index contributed by atoms with van der Waals surface area (Å²) in [5.41, 5.74) is -0.749.